The topological polar surface area (TPSA) is 61.2 Å². The van der Waals surface area contributed by atoms with Gasteiger partial charge in [-0.25, -0.2) is 8.42 Å². The summed E-state index contributed by atoms with van der Waals surface area (Å²) in [7, 11) is -3.98. The van der Waals surface area contributed by atoms with Gasteiger partial charge in [-0.2, -0.15) is 5.10 Å². The van der Waals surface area contributed by atoms with Crippen molar-refractivity contribution in [2.24, 2.45) is 0 Å². The van der Waals surface area contributed by atoms with Gasteiger partial charge in [-0.15, -0.1) is 18.2 Å². The zero-order valence-corrected chi connectivity index (χ0v) is 23.6. The molecule has 0 bridgehead atoms. The summed E-state index contributed by atoms with van der Waals surface area (Å²) < 4.78 is 36.4. The lowest BCUT2D eigenvalue weighted by Crippen LogP contribution is -2.14. The van der Waals surface area contributed by atoms with E-state index in [-0.39, 0.29) is 5.03 Å². The van der Waals surface area contributed by atoms with E-state index in [1.807, 2.05) is 72.8 Å². The van der Waals surface area contributed by atoms with Crippen molar-refractivity contribution >= 4 is 54.7 Å². The van der Waals surface area contributed by atoms with Gasteiger partial charge in [0.1, 0.15) is 16.5 Å². The molecule has 1 aromatic heterocycles. The first-order valence-electron chi connectivity index (χ1n) is 12.7. The van der Waals surface area contributed by atoms with E-state index in [0.717, 1.165) is 16.3 Å². The van der Waals surface area contributed by atoms with Gasteiger partial charge in [-0.3, -0.25) is 4.68 Å². The second-order valence-corrected chi connectivity index (χ2v) is 12.0. The van der Waals surface area contributed by atoms with Crippen LogP contribution in [0.4, 0.5) is 0 Å². The highest BCUT2D eigenvalue weighted by atomic mass is 35.5. The van der Waals surface area contributed by atoms with E-state index in [9.17, 15) is 8.42 Å². The Morgan fingerprint density at radius 3 is 2.51 bits per heavy atom. The summed E-state index contributed by atoms with van der Waals surface area (Å²) in [5.41, 5.74) is 2.32. The summed E-state index contributed by atoms with van der Waals surface area (Å²) in [6, 6.07) is 26.4. The number of alkyl halides is 1. The molecule has 0 radical (unpaired) electrons. The van der Waals surface area contributed by atoms with Gasteiger partial charge >= 0.3 is 0 Å². The molecule has 1 atom stereocenters. The number of aromatic nitrogens is 2. The number of hydrogen-bond acceptors (Lipinski definition) is 4. The van der Waals surface area contributed by atoms with Gasteiger partial charge in [0.05, 0.1) is 6.61 Å². The smallest absolute Gasteiger partial charge is 0.208 e. The predicted molar refractivity (Wildman–Crippen MR) is 160 cm³/mol. The fourth-order valence-electron chi connectivity index (χ4n) is 4.87. The minimum absolute atomic E-state index is 0.00391. The second kappa shape index (κ2) is 11.8. The Hall–Kier alpha value is -3.32. The molecule has 8 heteroatoms. The van der Waals surface area contributed by atoms with Crippen LogP contribution >= 0.6 is 23.2 Å². The van der Waals surface area contributed by atoms with E-state index in [1.54, 1.807) is 16.8 Å². The molecule has 0 amide bonds. The molecule has 0 saturated heterocycles. The highest BCUT2D eigenvalue weighted by molar-refractivity contribution is 7.92. The minimum Gasteiger partial charge on any atom is -0.491 e. The fraction of sp³-hybridized carbons (Fsp3) is 0.194. The number of nitrogens with zero attached hydrogens (tertiary/aromatic N) is 2. The number of fused-ring (bicyclic) bond motifs is 2. The summed E-state index contributed by atoms with van der Waals surface area (Å²) >= 11 is 12.1. The molecule has 0 aliphatic carbocycles. The SMILES string of the molecule is C=CC(c1cccc2ccccc12)S(=O)(=O)c1nn(CCc2cccc(Cl)c2)c2c(OCCCCl)cccc12. The largest absolute Gasteiger partial charge is 0.491 e. The van der Waals surface area contributed by atoms with Gasteiger partial charge in [0.25, 0.3) is 0 Å². The molecule has 5 nitrogen and oxygen atoms in total. The molecule has 39 heavy (non-hydrogen) atoms. The third-order valence-corrected chi connectivity index (χ3v) is 9.14. The molecular formula is C31H28Cl2N2O3S. The molecule has 1 heterocycles. The molecule has 1 unspecified atom stereocenters. The van der Waals surface area contributed by atoms with Crippen LogP contribution < -0.4 is 4.74 Å². The van der Waals surface area contributed by atoms with E-state index in [0.29, 0.717) is 59.1 Å². The van der Waals surface area contributed by atoms with Crippen LogP contribution in [0.15, 0.2) is 103 Å². The van der Waals surface area contributed by atoms with Crippen LogP contribution in [0.2, 0.25) is 5.02 Å². The number of hydrogen-bond donors (Lipinski definition) is 0. The van der Waals surface area contributed by atoms with Gasteiger partial charge in [-0.05, 0) is 59.0 Å². The van der Waals surface area contributed by atoms with Crippen LogP contribution in [0.1, 0.15) is 22.8 Å². The number of ether oxygens (including phenoxy) is 1. The van der Waals surface area contributed by atoms with E-state index < -0.39 is 15.1 Å². The van der Waals surface area contributed by atoms with E-state index in [1.165, 1.54) is 6.08 Å². The van der Waals surface area contributed by atoms with E-state index >= 15 is 0 Å². The number of para-hydroxylation sites is 1. The van der Waals surface area contributed by atoms with Crippen molar-refractivity contribution < 1.29 is 13.2 Å². The molecule has 5 rings (SSSR count). The van der Waals surface area contributed by atoms with Crippen molar-refractivity contribution in [1.29, 1.82) is 0 Å². The molecule has 0 aliphatic rings. The Labute approximate surface area is 238 Å². The number of rotatable bonds is 11. The Morgan fingerprint density at radius 2 is 1.72 bits per heavy atom. The molecular weight excluding hydrogens is 551 g/mol. The molecule has 0 saturated carbocycles. The molecule has 0 spiro atoms. The van der Waals surface area contributed by atoms with Gasteiger partial charge < -0.3 is 4.74 Å². The van der Waals surface area contributed by atoms with Gasteiger partial charge in [0.15, 0.2) is 5.03 Å². The van der Waals surface area contributed by atoms with Crippen molar-refractivity contribution in [3.63, 3.8) is 0 Å². The normalized spacial score (nSPS) is 12.6. The van der Waals surface area contributed by atoms with Crippen molar-refractivity contribution in [2.75, 3.05) is 12.5 Å². The maximum atomic E-state index is 14.3. The molecule has 0 fully saturated rings. The first-order valence-corrected chi connectivity index (χ1v) is 15.2. The summed E-state index contributed by atoms with van der Waals surface area (Å²) in [5.74, 6) is 1.04. The fourth-order valence-corrected chi connectivity index (χ4v) is 6.91. The van der Waals surface area contributed by atoms with Gasteiger partial charge in [-0.1, -0.05) is 78.3 Å². The monoisotopic (exact) mass is 578 g/mol. The molecule has 5 aromatic rings. The highest BCUT2D eigenvalue weighted by Crippen LogP contribution is 2.38. The van der Waals surface area contributed by atoms with Gasteiger partial charge in [0.2, 0.25) is 9.84 Å². The van der Waals surface area contributed by atoms with E-state index in [2.05, 4.69) is 6.58 Å². The Morgan fingerprint density at radius 1 is 0.974 bits per heavy atom. The number of halogens is 2. The highest BCUT2D eigenvalue weighted by Gasteiger charge is 2.33. The van der Waals surface area contributed by atoms with Crippen molar-refractivity contribution in [1.82, 2.24) is 9.78 Å². The number of sulfone groups is 1. The zero-order valence-electron chi connectivity index (χ0n) is 21.3. The summed E-state index contributed by atoms with van der Waals surface area (Å²) in [6.07, 6.45) is 2.76. The first-order chi connectivity index (χ1) is 18.9. The third kappa shape index (κ3) is 5.55. The molecule has 0 N–H and O–H groups in total. The third-order valence-electron chi connectivity index (χ3n) is 6.68. The zero-order chi connectivity index (χ0) is 27.4. The average Bonchev–Trinajstić information content (AvgIpc) is 3.33. The summed E-state index contributed by atoms with van der Waals surface area (Å²) in [6.45, 7) is 4.76. The quantitative estimate of drug-likeness (QED) is 0.0911. The summed E-state index contributed by atoms with van der Waals surface area (Å²) in [5, 5.41) is 6.71. The number of benzene rings is 4. The van der Waals surface area contributed by atoms with Crippen LogP contribution in [-0.2, 0) is 22.8 Å². The minimum atomic E-state index is -3.98. The molecule has 4 aromatic carbocycles. The Bertz CT molecular complexity index is 1740. The molecule has 200 valence electrons. The van der Waals surface area contributed by atoms with E-state index in [4.69, 9.17) is 33.0 Å². The standard InChI is InChI=1S/C31H28Cl2N2O3S/c1-2-29(26-14-6-11-23-10-3-4-13-25(23)26)39(36,37)31-27-15-7-16-28(38-20-8-18-32)30(27)35(34-31)19-17-22-9-5-12-24(33)21-22/h2-7,9-16,21,29H,1,8,17-20H2. The summed E-state index contributed by atoms with van der Waals surface area (Å²) in [4.78, 5) is 0. The first kappa shape index (κ1) is 27.3. The number of aryl methyl sites for hydroxylation is 2. The maximum Gasteiger partial charge on any atom is 0.208 e. The van der Waals surface area contributed by atoms with Crippen LogP contribution in [0, 0.1) is 0 Å². The van der Waals surface area contributed by atoms with Crippen LogP contribution in [0.25, 0.3) is 21.7 Å². The lowest BCUT2D eigenvalue weighted by atomic mass is 10.0. The average molecular weight is 580 g/mol. The van der Waals surface area contributed by atoms with Crippen LogP contribution in [0.3, 0.4) is 0 Å². The van der Waals surface area contributed by atoms with Crippen molar-refractivity contribution in [2.45, 2.75) is 29.7 Å². The van der Waals surface area contributed by atoms with Crippen molar-refractivity contribution in [3.8, 4) is 5.75 Å². The van der Waals surface area contributed by atoms with Crippen LogP contribution in [0.5, 0.6) is 5.75 Å². The predicted octanol–water partition coefficient (Wildman–Crippen LogP) is 7.79. The Kier molecular flexibility index (Phi) is 8.26. The van der Waals surface area contributed by atoms with Crippen molar-refractivity contribution in [3.05, 3.63) is 114 Å². The lowest BCUT2D eigenvalue weighted by Gasteiger charge is -2.15. The Balaban J connectivity index is 1.63. The van der Waals surface area contributed by atoms with Gasteiger partial charge in [0, 0.05) is 22.8 Å². The lowest BCUT2D eigenvalue weighted by molar-refractivity contribution is 0.320. The second-order valence-electron chi connectivity index (χ2n) is 9.22. The molecule has 0 aliphatic heterocycles. The maximum absolute atomic E-state index is 14.3. The van der Waals surface area contributed by atoms with Crippen LogP contribution in [-0.4, -0.2) is 30.7 Å².